The molecular formula is C29H48NO6P. The molecule has 37 heavy (non-hydrogen) atoms. The Labute approximate surface area is 224 Å². The van der Waals surface area contributed by atoms with Crippen LogP contribution in [0.5, 0.6) is 5.75 Å². The lowest BCUT2D eigenvalue weighted by molar-refractivity contribution is -0.00465. The zero-order valence-electron chi connectivity index (χ0n) is 24.0. The van der Waals surface area contributed by atoms with E-state index in [0.29, 0.717) is 18.9 Å². The molecule has 3 rings (SSSR count). The first-order valence-electron chi connectivity index (χ1n) is 13.8. The van der Waals surface area contributed by atoms with E-state index >= 15 is 0 Å². The Morgan fingerprint density at radius 2 is 1.65 bits per heavy atom. The number of ether oxygens (including phenoxy) is 2. The van der Waals surface area contributed by atoms with Gasteiger partial charge in [0.05, 0.1) is 24.4 Å². The molecule has 0 radical (unpaired) electrons. The van der Waals surface area contributed by atoms with Crippen LogP contribution in [0.15, 0.2) is 29.3 Å². The highest BCUT2D eigenvalue weighted by molar-refractivity contribution is 7.48. The number of hydrogen-bond acceptors (Lipinski definition) is 7. The SMILES string of the molecule is CC1=NC(CCc2ccc(OCCCC3CCCC3)cc2)(COP(=O)(OC(C)(C)C)OC(C)(C)C)CO1. The highest BCUT2D eigenvalue weighted by Gasteiger charge is 2.43. The molecule has 7 nitrogen and oxygen atoms in total. The fraction of sp³-hybridized carbons (Fsp3) is 0.759. The average Bonchev–Trinajstić information content (AvgIpc) is 3.42. The van der Waals surface area contributed by atoms with Crippen molar-refractivity contribution >= 4 is 13.7 Å². The minimum atomic E-state index is -3.84. The van der Waals surface area contributed by atoms with Crippen molar-refractivity contribution in [3.8, 4) is 5.75 Å². The van der Waals surface area contributed by atoms with Crippen molar-refractivity contribution in [3.05, 3.63) is 29.8 Å². The quantitative estimate of drug-likeness (QED) is 0.188. The van der Waals surface area contributed by atoms with Gasteiger partial charge in [-0.2, -0.15) is 0 Å². The first-order valence-corrected chi connectivity index (χ1v) is 15.3. The van der Waals surface area contributed by atoms with Crippen LogP contribution in [-0.2, 0) is 29.3 Å². The van der Waals surface area contributed by atoms with Crippen LogP contribution in [0.2, 0.25) is 0 Å². The first-order chi connectivity index (χ1) is 17.3. The number of rotatable bonds is 13. The monoisotopic (exact) mass is 537 g/mol. The van der Waals surface area contributed by atoms with Crippen LogP contribution in [0.25, 0.3) is 0 Å². The summed E-state index contributed by atoms with van der Waals surface area (Å²) in [5.74, 6) is 2.42. The maximum atomic E-state index is 13.5. The summed E-state index contributed by atoms with van der Waals surface area (Å²) in [5, 5.41) is 0. The number of aryl methyl sites for hydroxylation is 1. The van der Waals surface area contributed by atoms with Crippen LogP contribution in [0, 0.1) is 5.92 Å². The van der Waals surface area contributed by atoms with Crippen molar-refractivity contribution in [2.24, 2.45) is 10.9 Å². The molecule has 0 saturated heterocycles. The van der Waals surface area contributed by atoms with E-state index in [4.69, 9.17) is 28.0 Å². The Morgan fingerprint density at radius 3 is 2.19 bits per heavy atom. The van der Waals surface area contributed by atoms with Crippen LogP contribution in [0.4, 0.5) is 0 Å². The lowest BCUT2D eigenvalue weighted by Crippen LogP contribution is -2.36. The van der Waals surface area contributed by atoms with Crippen LogP contribution in [0.1, 0.15) is 99.0 Å². The van der Waals surface area contributed by atoms with Gasteiger partial charge in [0.25, 0.3) is 0 Å². The van der Waals surface area contributed by atoms with Crippen molar-refractivity contribution in [1.29, 1.82) is 0 Å². The standard InChI is InChI=1S/C29H48NO6P/c1-23-30-29(21-33-23,22-34-37(31,35-27(2,3)4)36-28(5,6)7)19-18-25-14-16-26(17-15-25)32-20-10-13-24-11-8-9-12-24/h14-17,24H,8-13,18-22H2,1-7H3. The Hall–Kier alpha value is -1.40. The molecule has 1 unspecified atom stereocenters. The second-order valence-electron chi connectivity index (χ2n) is 12.6. The van der Waals surface area contributed by atoms with Gasteiger partial charge >= 0.3 is 7.82 Å². The molecule has 1 heterocycles. The summed E-state index contributed by atoms with van der Waals surface area (Å²) in [7, 11) is -3.84. The van der Waals surface area contributed by atoms with E-state index in [-0.39, 0.29) is 6.61 Å². The zero-order valence-corrected chi connectivity index (χ0v) is 24.9. The van der Waals surface area contributed by atoms with Crippen LogP contribution in [0.3, 0.4) is 0 Å². The van der Waals surface area contributed by atoms with E-state index in [1.54, 1.807) is 0 Å². The van der Waals surface area contributed by atoms with Gasteiger partial charge in [0.2, 0.25) is 0 Å². The summed E-state index contributed by atoms with van der Waals surface area (Å²) in [4.78, 5) is 4.74. The lowest BCUT2D eigenvalue weighted by Gasteiger charge is -2.33. The summed E-state index contributed by atoms with van der Waals surface area (Å²) < 4.78 is 42.7. The number of hydrogen-bond donors (Lipinski definition) is 0. The van der Waals surface area contributed by atoms with Crippen molar-refractivity contribution in [2.75, 3.05) is 19.8 Å². The third-order valence-electron chi connectivity index (χ3n) is 6.51. The van der Waals surface area contributed by atoms with Crippen molar-refractivity contribution in [3.63, 3.8) is 0 Å². The Bertz CT molecular complexity index is 907. The molecule has 1 aromatic rings. The molecule has 0 bridgehead atoms. The van der Waals surface area contributed by atoms with Crippen LogP contribution in [-0.4, -0.2) is 42.5 Å². The Kier molecular flexibility index (Phi) is 10.3. The molecule has 8 heteroatoms. The van der Waals surface area contributed by atoms with Gasteiger partial charge < -0.3 is 9.47 Å². The summed E-state index contributed by atoms with van der Waals surface area (Å²) in [6.45, 7) is 14.0. The molecule has 0 amide bonds. The number of aliphatic imine (C=N–C) groups is 1. The summed E-state index contributed by atoms with van der Waals surface area (Å²) in [6, 6.07) is 8.28. The molecule has 1 fully saturated rings. The normalized spacial score (nSPS) is 21.2. The second-order valence-corrected chi connectivity index (χ2v) is 14.1. The van der Waals surface area contributed by atoms with E-state index in [1.807, 2.05) is 60.6 Å². The maximum absolute atomic E-state index is 13.5. The summed E-state index contributed by atoms with van der Waals surface area (Å²) in [5.41, 5.74) is -0.867. The molecule has 1 aromatic carbocycles. The third-order valence-corrected chi connectivity index (χ3v) is 8.50. The molecule has 2 aliphatic rings. The van der Waals surface area contributed by atoms with E-state index in [2.05, 4.69) is 12.1 Å². The molecule has 0 spiro atoms. The minimum absolute atomic E-state index is 0.0793. The fourth-order valence-electron chi connectivity index (χ4n) is 4.84. The molecule has 1 atom stereocenters. The van der Waals surface area contributed by atoms with Crippen molar-refractivity contribution in [1.82, 2.24) is 0 Å². The van der Waals surface area contributed by atoms with Crippen molar-refractivity contribution < 1.29 is 27.6 Å². The van der Waals surface area contributed by atoms with E-state index < -0.39 is 24.6 Å². The predicted octanol–water partition coefficient (Wildman–Crippen LogP) is 7.91. The van der Waals surface area contributed by atoms with Gasteiger partial charge in [-0.25, -0.2) is 9.56 Å². The van der Waals surface area contributed by atoms with Gasteiger partial charge in [0.1, 0.15) is 17.9 Å². The predicted molar refractivity (Wildman–Crippen MR) is 148 cm³/mol. The average molecular weight is 538 g/mol. The Morgan fingerprint density at radius 1 is 1.03 bits per heavy atom. The number of phosphoric ester groups is 1. The van der Waals surface area contributed by atoms with Gasteiger partial charge in [-0.05, 0) is 90.8 Å². The molecule has 1 aliphatic heterocycles. The van der Waals surface area contributed by atoms with Crippen LogP contribution >= 0.6 is 7.82 Å². The zero-order chi connectivity index (χ0) is 27.2. The summed E-state index contributed by atoms with van der Waals surface area (Å²) >= 11 is 0. The summed E-state index contributed by atoms with van der Waals surface area (Å²) in [6.07, 6.45) is 9.42. The molecule has 1 saturated carbocycles. The topological polar surface area (TPSA) is 75.6 Å². The smallest absolute Gasteiger partial charge is 0.475 e. The van der Waals surface area contributed by atoms with Gasteiger partial charge in [0, 0.05) is 6.92 Å². The van der Waals surface area contributed by atoms with Gasteiger partial charge in [0.15, 0.2) is 5.90 Å². The Balaban J connectivity index is 1.55. The molecule has 210 valence electrons. The molecular weight excluding hydrogens is 489 g/mol. The second kappa shape index (κ2) is 12.6. The van der Waals surface area contributed by atoms with Gasteiger partial charge in [-0.3, -0.25) is 13.6 Å². The molecule has 1 aliphatic carbocycles. The van der Waals surface area contributed by atoms with Gasteiger partial charge in [-0.1, -0.05) is 37.8 Å². The highest BCUT2D eigenvalue weighted by Crippen LogP contribution is 2.56. The van der Waals surface area contributed by atoms with Crippen molar-refractivity contribution in [2.45, 2.75) is 117 Å². The largest absolute Gasteiger partial charge is 0.494 e. The number of benzene rings is 1. The maximum Gasteiger partial charge on any atom is 0.475 e. The fourth-order valence-corrected chi connectivity index (χ4v) is 6.73. The van der Waals surface area contributed by atoms with E-state index in [0.717, 1.165) is 31.1 Å². The molecule has 0 N–H and O–H groups in total. The van der Waals surface area contributed by atoms with Gasteiger partial charge in [-0.15, -0.1) is 0 Å². The lowest BCUT2D eigenvalue weighted by atomic mass is 9.94. The first kappa shape index (κ1) is 30.1. The number of phosphoric acid groups is 1. The van der Waals surface area contributed by atoms with Crippen LogP contribution < -0.4 is 4.74 Å². The third kappa shape index (κ3) is 10.7. The minimum Gasteiger partial charge on any atom is -0.494 e. The molecule has 0 aromatic heterocycles. The number of nitrogens with zero attached hydrogens (tertiary/aromatic N) is 1. The van der Waals surface area contributed by atoms with E-state index in [1.165, 1.54) is 37.7 Å². The van der Waals surface area contributed by atoms with E-state index in [9.17, 15) is 4.57 Å². The highest BCUT2D eigenvalue weighted by atomic mass is 31.2.